The molecule has 42 heavy (non-hydrogen) atoms. The third-order valence-corrected chi connectivity index (χ3v) is 9.67. The fourth-order valence-electron chi connectivity index (χ4n) is 8.09. The Morgan fingerprint density at radius 1 is 1.05 bits per heavy atom. The van der Waals surface area contributed by atoms with Gasteiger partial charge in [0.05, 0.1) is 18.6 Å². The summed E-state index contributed by atoms with van der Waals surface area (Å²) >= 11 is 0. The molecule has 0 radical (unpaired) electrons. The number of aliphatic hydroxyl groups is 1. The van der Waals surface area contributed by atoms with Gasteiger partial charge in [-0.05, 0) is 67.0 Å². The minimum absolute atomic E-state index is 0.0125. The maximum absolute atomic E-state index is 14.3. The largest absolute Gasteiger partial charge is 0.507 e. The van der Waals surface area contributed by atoms with Crippen LogP contribution in [-0.4, -0.2) is 51.8 Å². The highest BCUT2D eigenvalue weighted by Crippen LogP contribution is 2.63. The number of carbonyl (C=O) groups excluding carboxylic acids is 5. The van der Waals surface area contributed by atoms with E-state index in [9.17, 15) is 34.2 Å². The first-order chi connectivity index (χ1) is 19.6. The Labute approximate surface area is 244 Å². The standard InChI is InChI=1S/C34H34O8/c1-17(2)26-28(37)24(18(3)35)30(39)34(41)31(40)27-29(38)25-22(15-32(27,4)16-33(26,34)5)20(12-13-23(25)36)11-10-19-8-7-9-21(14-19)42-6/h7-9,12-14,17,24,26-27,36,41H,15-16H2,1-6H3/t24?,26?,27?,32-,33-,34+/m1/s1. The number of hydrogen-bond donors (Lipinski definition) is 2. The molecule has 3 unspecified atom stereocenters. The van der Waals surface area contributed by atoms with Crippen LogP contribution >= 0.6 is 0 Å². The van der Waals surface area contributed by atoms with Gasteiger partial charge in [0.25, 0.3) is 0 Å². The minimum Gasteiger partial charge on any atom is -0.507 e. The molecule has 6 atom stereocenters. The summed E-state index contributed by atoms with van der Waals surface area (Å²) in [5.41, 5.74) is -3.84. The molecule has 0 spiro atoms. The Morgan fingerprint density at radius 2 is 1.74 bits per heavy atom. The van der Waals surface area contributed by atoms with Crippen molar-refractivity contribution in [2.45, 2.75) is 53.1 Å². The third-order valence-electron chi connectivity index (χ3n) is 9.67. The van der Waals surface area contributed by atoms with Gasteiger partial charge in [-0.15, -0.1) is 0 Å². The van der Waals surface area contributed by atoms with Gasteiger partial charge in [0.15, 0.2) is 28.7 Å². The second-order valence-corrected chi connectivity index (χ2v) is 12.8. The molecule has 2 aromatic rings. The number of methoxy groups -OCH3 is 1. The van der Waals surface area contributed by atoms with Crippen LogP contribution in [0.4, 0.5) is 0 Å². The Bertz CT molecular complexity index is 1640. The van der Waals surface area contributed by atoms with Crippen molar-refractivity contribution >= 4 is 28.9 Å². The molecule has 2 saturated carbocycles. The Morgan fingerprint density at radius 3 is 2.36 bits per heavy atom. The summed E-state index contributed by atoms with van der Waals surface area (Å²) in [7, 11) is 1.55. The van der Waals surface area contributed by atoms with E-state index in [0.717, 1.165) is 6.92 Å². The van der Waals surface area contributed by atoms with Crippen LogP contribution in [0.15, 0.2) is 36.4 Å². The van der Waals surface area contributed by atoms with Crippen LogP contribution in [0.1, 0.15) is 68.1 Å². The number of phenolic OH excluding ortho intramolecular Hbond substituents is 1. The smallest absolute Gasteiger partial charge is 0.190 e. The molecule has 0 aliphatic heterocycles. The lowest BCUT2D eigenvalue weighted by Gasteiger charge is -2.61. The molecular weight excluding hydrogens is 536 g/mol. The SMILES string of the molecule is COc1cccc(C#Cc2ccc(O)c3c2C[C@]2(C)C[C@]4(C)C(C(C)C)C(=O)C(C(C)=O)C(=O)[C@]4(O)C(=O)C2C3=O)c1. The first kappa shape index (κ1) is 29.4. The zero-order valence-electron chi connectivity index (χ0n) is 24.5. The van der Waals surface area contributed by atoms with Crippen molar-refractivity contribution in [1.82, 2.24) is 0 Å². The average molecular weight is 571 g/mol. The van der Waals surface area contributed by atoms with Gasteiger partial charge in [-0.3, -0.25) is 24.0 Å². The van der Waals surface area contributed by atoms with Gasteiger partial charge in [0, 0.05) is 22.5 Å². The topological polar surface area (TPSA) is 135 Å². The number of benzene rings is 2. The molecule has 0 saturated heterocycles. The Hall–Kier alpha value is -4.09. The van der Waals surface area contributed by atoms with E-state index in [1.807, 2.05) is 6.07 Å². The monoisotopic (exact) mass is 570 g/mol. The Kier molecular flexibility index (Phi) is 6.82. The Balaban J connectivity index is 1.68. The van der Waals surface area contributed by atoms with Crippen molar-refractivity contribution < 1.29 is 38.9 Å². The summed E-state index contributed by atoms with van der Waals surface area (Å²) in [6, 6.07) is 10.1. The maximum atomic E-state index is 14.3. The second-order valence-electron chi connectivity index (χ2n) is 12.8. The highest BCUT2D eigenvalue weighted by atomic mass is 16.5. The fraction of sp³-hybridized carbons (Fsp3) is 0.441. The summed E-state index contributed by atoms with van der Waals surface area (Å²) in [6.45, 7) is 7.90. The van der Waals surface area contributed by atoms with E-state index in [1.54, 1.807) is 59.1 Å². The van der Waals surface area contributed by atoms with Gasteiger partial charge in [0.1, 0.15) is 23.2 Å². The second kappa shape index (κ2) is 9.74. The van der Waals surface area contributed by atoms with Crippen molar-refractivity contribution in [2.75, 3.05) is 7.11 Å². The quantitative estimate of drug-likeness (QED) is 0.423. The molecule has 218 valence electrons. The van der Waals surface area contributed by atoms with Crippen LogP contribution in [0.2, 0.25) is 0 Å². The lowest BCUT2D eigenvalue weighted by atomic mass is 9.40. The van der Waals surface area contributed by atoms with E-state index >= 15 is 0 Å². The number of carbonyl (C=O) groups is 5. The number of aromatic hydroxyl groups is 1. The summed E-state index contributed by atoms with van der Waals surface area (Å²) in [5.74, 6) is -2.40. The normalized spacial score (nSPS) is 32.0. The third kappa shape index (κ3) is 3.90. The number of fused-ring (bicyclic) bond motifs is 3. The molecule has 0 aromatic heterocycles. The molecule has 0 bridgehead atoms. The zero-order valence-corrected chi connectivity index (χ0v) is 24.5. The van der Waals surface area contributed by atoms with Gasteiger partial charge in [-0.2, -0.15) is 0 Å². The average Bonchev–Trinajstić information content (AvgIpc) is 2.90. The minimum atomic E-state index is -2.72. The molecule has 3 aliphatic rings. The molecular formula is C34H34O8. The van der Waals surface area contributed by atoms with Crippen LogP contribution < -0.4 is 4.74 Å². The molecule has 2 N–H and O–H groups in total. The van der Waals surface area contributed by atoms with E-state index in [4.69, 9.17) is 4.74 Å². The number of hydrogen-bond acceptors (Lipinski definition) is 8. The van der Waals surface area contributed by atoms with E-state index in [0.29, 0.717) is 22.4 Å². The number of ether oxygens (including phenoxy) is 1. The van der Waals surface area contributed by atoms with Crippen molar-refractivity contribution in [3.8, 4) is 23.3 Å². The van der Waals surface area contributed by atoms with Crippen LogP contribution in [0.3, 0.4) is 0 Å². The van der Waals surface area contributed by atoms with Crippen LogP contribution in [0, 0.1) is 46.3 Å². The highest BCUT2D eigenvalue weighted by Gasteiger charge is 2.76. The molecule has 5 rings (SSSR count). The predicted molar refractivity (Wildman–Crippen MR) is 152 cm³/mol. The van der Waals surface area contributed by atoms with Crippen LogP contribution in [0.25, 0.3) is 0 Å². The lowest BCUT2D eigenvalue weighted by molar-refractivity contribution is -0.205. The van der Waals surface area contributed by atoms with Crippen LogP contribution in [-0.2, 0) is 25.6 Å². The summed E-state index contributed by atoms with van der Waals surface area (Å²) in [5, 5.41) is 22.9. The molecule has 8 nitrogen and oxygen atoms in total. The zero-order chi connectivity index (χ0) is 30.9. The lowest BCUT2D eigenvalue weighted by Crippen LogP contribution is -2.76. The molecule has 2 fully saturated rings. The van der Waals surface area contributed by atoms with Crippen molar-refractivity contribution in [3.63, 3.8) is 0 Å². The van der Waals surface area contributed by atoms with E-state index in [1.165, 1.54) is 6.07 Å². The van der Waals surface area contributed by atoms with Gasteiger partial charge in [0.2, 0.25) is 0 Å². The van der Waals surface area contributed by atoms with E-state index in [2.05, 4.69) is 11.8 Å². The number of rotatable bonds is 3. The molecule has 0 heterocycles. The molecule has 0 amide bonds. The molecule has 8 heteroatoms. The first-order valence-electron chi connectivity index (χ1n) is 14.0. The number of phenols is 1. The maximum Gasteiger partial charge on any atom is 0.190 e. The first-order valence-corrected chi connectivity index (χ1v) is 14.0. The van der Waals surface area contributed by atoms with Crippen molar-refractivity contribution in [3.05, 3.63) is 58.7 Å². The van der Waals surface area contributed by atoms with Gasteiger partial charge in [-0.1, -0.05) is 45.6 Å². The summed E-state index contributed by atoms with van der Waals surface area (Å²) in [4.78, 5) is 68.3. The number of ketones is 5. The van der Waals surface area contributed by atoms with Gasteiger partial charge < -0.3 is 14.9 Å². The van der Waals surface area contributed by atoms with E-state index in [-0.39, 0.29) is 24.2 Å². The number of Topliss-reactive ketones (excluding diaryl/α,β-unsaturated/α-hetero) is 5. The van der Waals surface area contributed by atoms with Gasteiger partial charge >= 0.3 is 0 Å². The summed E-state index contributed by atoms with van der Waals surface area (Å²) < 4.78 is 5.27. The highest BCUT2D eigenvalue weighted by molar-refractivity contribution is 6.32. The summed E-state index contributed by atoms with van der Waals surface area (Å²) in [6.07, 6.45) is 0.122. The fourth-order valence-corrected chi connectivity index (χ4v) is 8.09. The molecule has 3 aliphatic carbocycles. The van der Waals surface area contributed by atoms with Crippen molar-refractivity contribution in [1.29, 1.82) is 0 Å². The molecule has 2 aromatic carbocycles. The van der Waals surface area contributed by atoms with E-state index < -0.39 is 69.0 Å². The van der Waals surface area contributed by atoms with Crippen LogP contribution in [0.5, 0.6) is 11.5 Å². The van der Waals surface area contributed by atoms with Crippen molar-refractivity contribution in [2.24, 2.45) is 34.5 Å². The predicted octanol–water partition coefficient (Wildman–Crippen LogP) is 3.50. The van der Waals surface area contributed by atoms with Gasteiger partial charge in [-0.25, -0.2) is 0 Å².